The second-order valence-electron chi connectivity index (χ2n) is 12.2. The average Bonchev–Trinajstić information content (AvgIpc) is 3.14. The van der Waals surface area contributed by atoms with Gasteiger partial charge in [-0.05, 0) is 85.0 Å². The van der Waals surface area contributed by atoms with Crippen molar-refractivity contribution in [1.82, 2.24) is 0 Å². The van der Waals surface area contributed by atoms with Crippen LogP contribution in [0.4, 0.5) is 0 Å². The Balaban J connectivity index is 0.938. The molecule has 0 radical (unpaired) electrons. The Morgan fingerprint density at radius 3 is 1.02 bits per heavy atom. The second-order valence-corrected chi connectivity index (χ2v) is 12.2. The standard InChI is InChI=1S/C44H50N2O2/c1(7-31-45-33-9-5-10-34-45)3-13-37-47-43-27-23-41(24-28-43)21-19-39-15-17-40(18-16-39)20-22-42-25-29-44(30-26-42)48-38-14-4-2-8-32-46-35-11-6-12-36-46/h5-6,9-12,15-30,33-36H,1-4,7-8,13-14,31-32,37-38H2/q+2/b21-19+,22-20+. The van der Waals surface area contributed by atoms with Gasteiger partial charge < -0.3 is 9.47 Å². The van der Waals surface area contributed by atoms with Crippen molar-refractivity contribution in [3.63, 3.8) is 0 Å². The molecule has 0 fully saturated rings. The summed E-state index contributed by atoms with van der Waals surface area (Å²) >= 11 is 0. The van der Waals surface area contributed by atoms with Gasteiger partial charge in [-0.3, -0.25) is 0 Å². The Morgan fingerprint density at radius 2 is 0.667 bits per heavy atom. The lowest BCUT2D eigenvalue weighted by atomic mass is 10.1. The summed E-state index contributed by atoms with van der Waals surface area (Å²) in [5.74, 6) is 1.87. The van der Waals surface area contributed by atoms with Gasteiger partial charge in [-0.1, -0.05) is 85.0 Å². The first-order valence-corrected chi connectivity index (χ1v) is 17.6. The third-order valence-corrected chi connectivity index (χ3v) is 8.35. The minimum Gasteiger partial charge on any atom is -0.494 e. The molecule has 4 heteroatoms. The Kier molecular flexibility index (Phi) is 14.5. The molecule has 2 aromatic heterocycles. The van der Waals surface area contributed by atoms with Crippen LogP contribution in [-0.4, -0.2) is 13.2 Å². The fraction of sp³-hybridized carbons (Fsp3) is 0.273. The zero-order chi connectivity index (χ0) is 32.9. The SMILES string of the molecule is C(=C\c1ccc(OCCCCCC[n+]2ccccc2)cc1)/c1ccc(/C=C/c2ccc(OCCCCCC[n+]3ccccc3)cc2)cc1. The molecule has 0 amide bonds. The number of aryl methyl sites for hydroxylation is 2. The van der Waals surface area contributed by atoms with Gasteiger partial charge in [-0.15, -0.1) is 0 Å². The molecule has 0 saturated carbocycles. The molecule has 0 aliphatic carbocycles. The topological polar surface area (TPSA) is 26.2 Å². The Morgan fingerprint density at radius 1 is 0.354 bits per heavy atom. The quantitative estimate of drug-likeness (QED) is 0.0482. The molecular weight excluding hydrogens is 588 g/mol. The van der Waals surface area contributed by atoms with Crippen LogP contribution in [0.3, 0.4) is 0 Å². The highest BCUT2D eigenvalue weighted by atomic mass is 16.5. The molecule has 0 unspecified atom stereocenters. The number of aromatic nitrogens is 2. The van der Waals surface area contributed by atoms with Gasteiger partial charge >= 0.3 is 0 Å². The summed E-state index contributed by atoms with van der Waals surface area (Å²) < 4.78 is 16.4. The van der Waals surface area contributed by atoms with Crippen molar-refractivity contribution in [2.75, 3.05) is 13.2 Å². The van der Waals surface area contributed by atoms with Crippen molar-refractivity contribution >= 4 is 24.3 Å². The molecule has 0 atom stereocenters. The van der Waals surface area contributed by atoms with Crippen LogP contribution in [-0.2, 0) is 13.1 Å². The maximum atomic E-state index is 5.96. The zero-order valence-electron chi connectivity index (χ0n) is 28.2. The van der Waals surface area contributed by atoms with Crippen LogP contribution in [0, 0.1) is 0 Å². The molecule has 0 aliphatic heterocycles. The van der Waals surface area contributed by atoms with Crippen LogP contribution >= 0.6 is 0 Å². The van der Waals surface area contributed by atoms with Gasteiger partial charge in [-0.25, -0.2) is 9.13 Å². The van der Waals surface area contributed by atoms with Crippen LogP contribution in [0.5, 0.6) is 11.5 Å². The molecule has 0 N–H and O–H groups in total. The van der Waals surface area contributed by atoms with E-state index in [2.05, 4.69) is 167 Å². The Bertz CT molecular complexity index is 1500. The van der Waals surface area contributed by atoms with E-state index >= 15 is 0 Å². The normalized spacial score (nSPS) is 11.3. The number of hydrogen-bond acceptors (Lipinski definition) is 2. The number of hydrogen-bond donors (Lipinski definition) is 0. The summed E-state index contributed by atoms with van der Waals surface area (Å²) in [6.45, 7) is 3.70. The van der Waals surface area contributed by atoms with E-state index in [0.717, 1.165) is 61.8 Å². The number of benzene rings is 3. The molecule has 48 heavy (non-hydrogen) atoms. The molecule has 246 valence electrons. The van der Waals surface area contributed by atoms with Crippen LogP contribution in [0.2, 0.25) is 0 Å². The van der Waals surface area contributed by atoms with E-state index in [1.54, 1.807) is 0 Å². The van der Waals surface area contributed by atoms with Crippen LogP contribution in [0.25, 0.3) is 24.3 Å². The first-order valence-electron chi connectivity index (χ1n) is 17.6. The van der Waals surface area contributed by atoms with Crippen molar-refractivity contribution in [1.29, 1.82) is 0 Å². The van der Waals surface area contributed by atoms with Crippen LogP contribution in [0.1, 0.15) is 73.6 Å². The molecule has 2 heterocycles. The van der Waals surface area contributed by atoms with Gasteiger partial charge in [-0.2, -0.15) is 0 Å². The van der Waals surface area contributed by atoms with Crippen molar-refractivity contribution in [3.05, 3.63) is 156 Å². The summed E-state index contributed by atoms with van der Waals surface area (Å²) in [4.78, 5) is 0. The molecule has 5 aromatic rings. The summed E-state index contributed by atoms with van der Waals surface area (Å²) in [5.41, 5.74) is 4.68. The number of unbranched alkanes of at least 4 members (excludes halogenated alkanes) is 6. The van der Waals surface area contributed by atoms with E-state index < -0.39 is 0 Å². The highest BCUT2D eigenvalue weighted by molar-refractivity contribution is 5.73. The lowest BCUT2D eigenvalue weighted by Gasteiger charge is -2.06. The van der Waals surface area contributed by atoms with Crippen LogP contribution in [0.15, 0.2) is 134 Å². The van der Waals surface area contributed by atoms with Gasteiger partial charge in [0.15, 0.2) is 24.8 Å². The lowest BCUT2D eigenvalue weighted by Crippen LogP contribution is -2.32. The van der Waals surface area contributed by atoms with Gasteiger partial charge in [0.2, 0.25) is 0 Å². The molecular formula is C44H50N2O2+2. The highest BCUT2D eigenvalue weighted by Crippen LogP contribution is 2.18. The fourth-order valence-electron chi connectivity index (χ4n) is 5.50. The van der Waals surface area contributed by atoms with Crippen molar-refractivity contribution in [2.24, 2.45) is 0 Å². The predicted octanol–water partition coefficient (Wildman–Crippen LogP) is 9.88. The smallest absolute Gasteiger partial charge is 0.168 e. The molecule has 0 bridgehead atoms. The third-order valence-electron chi connectivity index (χ3n) is 8.35. The summed E-state index contributed by atoms with van der Waals surface area (Å²) in [5, 5.41) is 0. The van der Waals surface area contributed by atoms with E-state index in [1.165, 1.54) is 49.7 Å². The summed E-state index contributed by atoms with van der Waals surface area (Å²) in [6.07, 6.45) is 26.6. The highest BCUT2D eigenvalue weighted by Gasteiger charge is 2.01. The van der Waals surface area contributed by atoms with Gasteiger partial charge in [0.1, 0.15) is 24.6 Å². The largest absolute Gasteiger partial charge is 0.494 e. The molecule has 5 rings (SSSR count). The zero-order valence-corrected chi connectivity index (χ0v) is 28.2. The van der Waals surface area contributed by atoms with E-state index in [-0.39, 0.29) is 0 Å². The number of nitrogens with zero attached hydrogens (tertiary/aromatic N) is 2. The third kappa shape index (κ3) is 13.0. The first kappa shape index (κ1) is 34.4. The molecule has 0 aliphatic rings. The van der Waals surface area contributed by atoms with Crippen LogP contribution < -0.4 is 18.6 Å². The molecule has 4 nitrogen and oxygen atoms in total. The lowest BCUT2D eigenvalue weighted by molar-refractivity contribution is -0.697. The number of rotatable bonds is 20. The summed E-state index contributed by atoms with van der Waals surface area (Å²) in [7, 11) is 0. The number of ether oxygens (including phenoxy) is 2. The maximum absolute atomic E-state index is 5.96. The Hall–Kier alpha value is -4.96. The van der Waals surface area contributed by atoms with E-state index in [4.69, 9.17) is 9.47 Å². The fourth-order valence-corrected chi connectivity index (χ4v) is 5.50. The Labute approximate surface area is 287 Å². The maximum Gasteiger partial charge on any atom is 0.168 e. The molecule has 0 saturated heterocycles. The average molecular weight is 639 g/mol. The van der Waals surface area contributed by atoms with Gasteiger partial charge in [0.25, 0.3) is 0 Å². The monoisotopic (exact) mass is 638 g/mol. The van der Waals surface area contributed by atoms with E-state index in [1.807, 2.05) is 0 Å². The number of pyridine rings is 2. The molecule has 3 aromatic carbocycles. The minimum absolute atomic E-state index is 0.768. The minimum atomic E-state index is 0.768. The second kappa shape index (κ2) is 20.3. The first-order chi connectivity index (χ1) is 23.8. The van der Waals surface area contributed by atoms with E-state index in [9.17, 15) is 0 Å². The predicted molar refractivity (Wildman–Crippen MR) is 198 cm³/mol. The van der Waals surface area contributed by atoms with Crippen molar-refractivity contribution < 1.29 is 18.6 Å². The van der Waals surface area contributed by atoms with Gasteiger partial charge in [0, 0.05) is 37.1 Å². The van der Waals surface area contributed by atoms with Gasteiger partial charge in [0.05, 0.1) is 13.2 Å². The van der Waals surface area contributed by atoms with Crippen molar-refractivity contribution in [2.45, 2.75) is 64.5 Å². The molecule has 0 spiro atoms. The van der Waals surface area contributed by atoms with Crippen molar-refractivity contribution in [3.8, 4) is 11.5 Å². The summed E-state index contributed by atoms with van der Waals surface area (Å²) in [6, 6.07) is 37.8. The van der Waals surface area contributed by atoms with E-state index in [0.29, 0.717) is 0 Å².